The van der Waals surface area contributed by atoms with Crippen molar-refractivity contribution in [2.75, 3.05) is 0 Å². The summed E-state index contributed by atoms with van der Waals surface area (Å²) in [7, 11) is 0. The first kappa shape index (κ1) is 36.9. The van der Waals surface area contributed by atoms with E-state index in [2.05, 4.69) is 33.4 Å². The molecule has 0 atom stereocenters. The van der Waals surface area contributed by atoms with E-state index in [9.17, 15) is 35.1 Å². The van der Waals surface area contributed by atoms with Crippen LogP contribution in [-0.2, 0) is 20.1 Å². The summed E-state index contributed by atoms with van der Waals surface area (Å²) in [5.41, 5.74) is 1.84. The summed E-state index contributed by atoms with van der Waals surface area (Å²) in [6.45, 7) is 0. The summed E-state index contributed by atoms with van der Waals surface area (Å²) >= 11 is 0. The van der Waals surface area contributed by atoms with E-state index in [-0.39, 0.29) is 43.2 Å². The van der Waals surface area contributed by atoms with Crippen molar-refractivity contribution in [3.05, 3.63) is 200 Å². The average Bonchev–Trinajstić information content (AvgIpc) is 3.06. The molecule has 4 nitrogen and oxygen atoms in total. The fourth-order valence-corrected chi connectivity index (χ4v) is 3.81. The Morgan fingerprint density at radius 3 is 1.17 bits per heavy atom. The number of hydrogen-bond donors (Lipinski definition) is 0. The Morgan fingerprint density at radius 1 is 0.511 bits per heavy atom. The fraction of sp³-hybridized carbons (Fsp3) is 0.118. The zero-order valence-corrected chi connectivity index (χ0v) is 26.3. The summed E-state index contributed by atoms with van der Waals surface area (Å²) in [5.74, 6) is -0.445. The average molecular weight is 831 g/mol. The molecule has 4 aliphatic heterocycles. The molecule has 6 aliphatic rings. The number of nitrogens with zero attached hydrogens (tertiary/aromatic N) is 4. The second kappa shape index (κ2) is 16.8. The first-order valence-electron chi connectivity index (χ1n) is 13.4. The van der Waals surface area contributed by atoms with Crippen LogP contribution in [0.25, 0.3) is 21.3 Å². The molecule has 1 radical (unpaired) electrons. The van der Waals surface area contributed by atoms with Gasteiger partial charge in [0.15, 0.2) is 0 Å². The fourth-order valence-electron chi connectivity index (χ4n) is 3.81. The third-order valence-corrected chi connectivity index (χ3v) is 6.16. The van der Waals surface area contributed by atoms with Crippen LogP contribution in [0.15, 0.2) is 167 Å². The van der Waals surface area contributed by atoms with Crippen LogP contribution in [0.1, 0.15) is 12.8 Å². The molecule has 0 bridgehead atoms. The molecule has 0 aromatic carbocycles. The van der Waals surface area contributed by atoms with Crippen LogP contribution < -0.4 is 0 Å². The van der Waals surface area contributed by atoms with Gasteiger partial charge in [-0.1, -0.05) is 48.6 Å². The van der Waals surface area contributed by atoms with E-state index >= 15 is 0 Å². The van der Waals surface area contributed by atoms with Crippen molar-refractivity contribution in [1.29, 1.82) is 0 Å². The molecule has 0 amide bonds. The van der Waals surface area contributed by atoms with Crippen molar-refractivity contribution in [2.24, 2.45) is 0 Å². The molecule has 0 spiro atoms. The van der Waals surface area contributed by atoms with Crippen LogP contribution in [0, 0.1) is 12.2 Å². The van der Waals surface area contributed by atoms with Crippen molar-refractivity contribution in [1.82, 2.24) is 0 Å². The van der Waals surface area contributed by atoms with Crippen LogP contribution in [0.3, 0.4) is 0 Å². The Kier molecular flexibility index (Phi) is 13.2. The topological polar surface area (TPSA) is 56.4 Å². The van der Waals surface area contributed by atoms with Crippen LogP contribution >= 0.6 is 0 Å². The van der Waals surface area contributed by atoms with E-state index in [4.69, 9.17) is 0 Å². The van der Waals surface area contributed by atoms with Gasteiger partial charge < -0.3 is 21.3 Å². The van der Waals surface area contributed by atoms with Gasteiger partial charge in [0, 0.05) is 42.9 Å². The Balaban J connectivity index is 0.000000196. The minimum atomic E-state index is -4.51. The van der Waals surface area contributed by atoms with Crippen molar-refractivity contribution in [2.45, 2.75) is 25.2 Å². The van der Waals surface area contributed by atoms with Crippen molar-refractivity contribution >= 4 is 0 Å². The molecule has 0 aromatic heterocycles. The van der Waals surface area contributed by atoms with Gasteiger partial charge in [0.25, 0.3) is 0 Å². The molecule has 0 unspecified atom stereocenters. The monoisotopic (exact) mass is 831 g/mol. The van der Waals surface area contributed by atoms with Crippen LogP contribution in [-0.4, -0.2) is 12.4 Å². The summed E-state index contributed by atoms with van der Waals surface area (Å²) < 4.78 is 99.1. The summed E-state index contributed by atoms with van der Waals surface area (Å²) in [6, 6.07) is 0. The Bertz CT molecular complexity index is 1540. The Morgan fingerprint density at radius 2 is 0.915 bits per heavy atom. The second-order valence-electron chi connectivity index (χ2n) is 9.41. The molecule has 0 saturated carbocycles. The maximum atomic E-state index is 12.6. The van der Waals surface area contributed by atoms with Crippen LogP contribution in [0.2, 0.25) is 0 Å². The molecular weight excluding hydrogens is 809 g/mol. The van der Waals surface area contributed by atoms with E-state index in [1.165, 1.54) is 24.3 Å². The number of hydrogen-bond acceptors (Lipinski definition) is 0. The van der Waals surface area contributed by atoms with Crippen molar-refractivity contribution in [3.8, 4) is 0 Å². The molecule has 0 aromatic rings. The summed E-state index contributed by atoms with van der Waals surface area (Å²) in [5, 5.41) is 15.4. The SMILES string of the molecule is FC(F)(F)C1=C[N-]C(=C2C=CC(C(F)(F)F)=C[N-]2)C=C1.FC1=CCC(=C2C=CC=C[N-]2)[C-]=C1.FC1=CCC(=C2C=CC=C[N-]2)[C-]=C1.[Ir]. The zero-order valence-electron chi connectivity index (χ0n) is 24.0. The van der Waals surface area contributed by atoms with Gasteiger partial charge in [-0.15, -0.1) is 36.5 Å². The standard InChI is InChI=1S/C12H6F6N2.2C11H8FN.Ir/c13-11(14,15)7-1-3-9(19-5-7)10-4-2-8(6-20-10)12(16,17)18;2*12-10-6-4-9(5-7-10)11-3-1-2-8-13-11;/h1-6H;2*1-3,6-8H,4H2;/q3*-2;. The predicted octanol–water partition coefficient (Wildman–Crippen LogP) is 11.6. The van der Waals surface area contributed by atoms with E-state index in [1.54, 1.807) is 12.4 Å². The molecule has 13 heteroatoms. The van der Waals surface area contributed by atoms with Crippen molar-refractivity contribution < 1.29 is 55.2 Å². The minimum Gasteiger partial charge on any atom is -0.721 e. The van der Waals surface area contributed by atoms with Gasteiger partial charge in [-0.3, -0.25) is 8.78 Å². The molecule has 4 heterocycles. The Labute approximate surface area is 279 Å². The molecule has 47 heavy (non-hydrogen) atoms. The second-order valence-corrected chi connectivity index (χ2v) is 9.41. The summed E-state index contributed by atoms with van der Waals surface area (Å²) in [6.07, 6.45) is 23.3. The molecule has 0 N–H and O–H groups in total. The largest absolute Gasteiger partial charge is 0.721 e. The van der Waals surface area contributed by atoms with E-state index in [0.717, 1.165) is 46.8 Å². The smallest absolute Gasteiger partial charge is 0.414 e. The first-order chi connectivity index (χ1) is 21.9. The third kappa shape index (κ3) is 11.3. The van der Waals surface area contributed by atoms with Crippen LogP contribution in [0.5, 0.6) is 0 Å². The van der Waals surface area contributed by atoms with Crippen LogP contribution in [0.4, 0.5) is 35.1 Å². The van der Waals surface area contributed by atoms with Gasteiger partial charge in [0.05, 0.1) is 0 Å². The quantitative estimate of drug-likeness (QED) is 0.173. The number of rotatable bonds is 0. The van der Waals surface area contributed by atoms with E-state index < -0.39 is 23.5 Å². The van der Waals surface area contributed by atoms with Gasteiger partial charge in [-0.05, 0) is 12.8 Å². The number of halogens is 8. The number of alkyl halides is 6. The first-order valence-corrected chi connectivity index (χ1v) is 13.4. The predicted molar refractivity (Wildman–Crippen MR) is 161 cm³/mol. The molecular formula is C34H22F8IrN4-6. The maximum absolute atomic E-state index is 12.6. The summed E-state index contributed by atoms with van der Waals surface area (Å²) in [4.78, 5) is 0. The van der Waals surface area contributed by atoms with Crippen molar-refractivity contribution in [3.63, 3.8) is 0 Å². The van der Waals surface area contributed by atoms with E-state index in [1.807, 2.05) is 36.5 Å². The maximum Gasteiger partial charge on any atom is 0.414 e. The molecule has 0 fully saturated rings. The van der Waals surface area contributed by atoms with Gasteiger partial charge in [-0.2, -0.15) is 85.8 Å². The zero-order chi connectivity index (χ0) is 33.2. The van der Waals surface area contributed by atoms with Gasteiger partial charge in [0.1, 0.15) is 0 Å². The van der Waals surface area contributed by atoms with E-state index in [0.29, 0.717) is 25.2 Å². The Hall–Kier alpha value is -4.61. The molecule has 249 valence electrons. The molecule has 6 rings (SSSR count). The third-order valence-electron chi connectivity index (χ3n) is 6.16. The van der Waals surface area contributed by atoms with Gasteiger partial charge in [0.2, 0.25) is 0 Å². The minimum absolute atomic E-state index is 0. The van der Waals surface area contributed by atoms with Gasteiger partial charge in [-0.25, -0.2) is 11.4 Å². The normalized spacial score (nSPS) is 24.0. The number of allylic oxidation sites excluding steroid dienone is 22. The molecule has 2 aliphatic carbocycles. The van der Waals surface area contributed by atoms with Gasteiger partial charge >= 0.3 is 12.4 Å². The molecule has 0 saturated heterocycles.